The Hall–Kier alpha value is -0.320. The van der Waals surface area contributed by atoms with E-state index in [1.54, 1.807) is 12.1 Å². The van der Waals surface area contributed by atoms with Crippen molar-refractivity contribution in [3.8, 4) is 0 Å². The van der Waals surface area contributed by atoms with Crippen molar-refractivity contribution in [2.24, 2.45) is 0 Å². The van der Waals surface area contributed by atoms with Gasteiger partial charge in [-0.3, -0.25) is 0 Å². The van der Waals surface area contributed by atoms with Crippen molar-refractivity contribution < 1.29 is 4.39 Å². The number of halogens is 3. The Morgan fingerprint density at radius 2 is 1.52 bits per heavy atom. The molecule has 2 aromatic carbocycles. The molecule has 0 N–H and O–H groups in total. The first-order chi connectivity index (χ1) is 10.2. The molecule has 0 spiro atoms. The van der Waals surface area contributed by atoms with Crippen molar-refractivity contribution in [3.63, 3.8) is 0 Å². The van der Waals surface area contributed by atoms with Gasteiger partial charge in [0, 0.05) is 21.0 Å². The Bertz CT molecular complexity index is 538. The van der Waals surface area contributed by atoms with Gasteiger partial charge >= 0.3 is 0 Å². The van der Waals surface area contributed by atoms with Gasteiger partial charge in [0.25, 0.3) is 0 Å². The second-order valence-electron chi connectivity index (χ2n) is 4.97. The minimum atomic E-state index is -0.185. The van der Waals surface area contributed by atoms with Gasteiger partial charge in [0.2, 0.25) is 0 Å². The summed E-state index contributed by atoms with van der Waals surface area (Å²) in [5, 5.41) is 1.71. The molecule has 0 fully saturated rings. The smallest absolute Gasteiger partial charge is 0.123 e. The average Bonchev–Trinajstić information content (AvgIpc) is 2.54. The highest BCUT2D eigenvalue weighted by Crippen LogP contribution is 2.35. The monoisotopic (exact) mass is 430 g/mol. The lowest BCUT2D eigenvalue weighted by Crippen LogP contribution is -2.31. The third kappa shape index (κ3) is 4.57. The lowest BCUT2D eigenvalue weighted by molar-refractivity contribution is 0.536. The van der Waals surface area contributed by atoms with Crippen molar-refractivity contribution >= 4 is 43.6 Å². The molecule has 0 aromatic heterocycles. The molecule has 0 aliphatic heterocycles. The van der Waals surface area contributed by atoms with Crippen LogP contribution in [0.25, 0.3) is 0 Å². The van der Waals surface area contributed by atoms with Gasteiger partial charge in [0.05, 0.1) is 0 Å². The van der Waals surface area contributed by atoms with E-state index in [9.17, 15) is 4.39 Å². The summed E-state index contributed by atoms with van der Waals surface area (Å²) in [6.07, 6.45) is 1.02. The standard InChI is InChI=1S/C17H17Br2FS/c18-12-17(13-19,14-6-8-15(20)9-7-14)10-11-21-16-4-2-1-3-5-16/h1-9H,10-13H2. The summed E-state index contributed by atoms with van der Waals surface area (Å²) < 4.78 is 13.1. The van der Waals surface area contributed by atoms with Gasteiger partial charge in [0.15, 0.2) is 0 Å². The van der Waals surface area contributed by atoms with Crippen LogP contribution in [-0.2, 0) is 5.41 Å². The van der Waals surface area contributed by atoms with Crippen molar-refractivity contribution in [2.45, 2.75) is 16.7 Å². The fraction of sp³-hybridized carbons (Fsp3) is 0.294. The molecule has 0 bridgehead atoms. The van der Waals surface area contributed by atoms with Gasteiger partial charge in [-0.15, -0.1) is 11.8 Å². The van der Waals surface area contributed by atoms with Crippen LogP contribution in [0.4, 0.5) is 4.39 Å². The molecule has 0 aliphatic rings. The SMILES string of the molecule is Fc1ccc(C(CBr)(CBr)CCSc2ccccc2)cc1. The Balaban J connectivity index is 2.06. The maximum absolute atomic E-state index is 13.1. The van der Waals surface area contributed by atoms with Crippen LogP contribution in [0.1, 0.15) is 12.0 Å². The number of hydrogen-bond acceptors (Lipinski definition) is 1. The summed E-state index contributed by atoms with van der Waals surface area (Å²) in [7, 11) is 0. The second-order valence-corrected chi connectivity index (χ2v) is 7.26. The summed E-state index contributed by atoms with van der Waals surface area (Å²) in [6.45, 7) is 0. The van der Waals surface area contributed by atoms with Crippen molar-refractivity contribution in [2.75, 3.05) is 16.4 Å². The average molecular weight is 432 g/mol. The van der Waals surface area contributed by atoms with E-state index in [1.165, 1.54) is 10.5 Å². The first-order valence-electron chi connectivity index (χ1n) is 6.76. The van der Waals surface area contributed by atoms with Gasteiger partial charge in [-0.05, 0) is 42.0 Å². The zero-order valence-corrected chi connectivity index (χ0v) is 15.6. The molecule has 0 heterocycles. The molecule has 2 aromatic rings. The summed E-state index contributed by atoms with van der Waals surface area (Å²) in [5.74, 6) is 0.842. The zero-order chi connectivity index (χ0) is 15.1. The van der Waals surface area contributed by atoms with Crippen molar-refractivity contribution in [1.82, 2.24) is 0 Å². The highest BCUT2D eigenvalue weighted by molar-refractivity contribution is 9.09. The second kappa shape index (κ2) is 8.35. The van der Waals surface area contributed by atoms with Crippen LogP contribution in [0.15, 0.2) is 59.5 Å². The van der Waals surface area contributed by atoms with Crippen LogP contribution < -0.4 is 0 Å². The predicted octanol–water partition coefficient (Wildman–Crippen LogP) is 6.04. The third-order valence-electron chi connectivity index (χ3n) is 3.56. The quantitative estimate of drug-likeness (QED) is 0.380. The van der Waals surface area contributed by atoms with Crippen LogP contribution in [0.3, 0.4) is 0 Å². The van der Waals surface area contributed by atoms with E-state index in [1.807, 2.05) is 30.0 Å². The fourth-order valence-electron chi connectivity index (χ4n) is 2.15. The molecular weight excluding hydrogens is 415 g/mol. The number of thioether (sulfide) groups is 1. The van der Waals surface area contributed by atoms with Crippen LogP contribution >= 0.6 is 43.6 Å². The zero-order valence-electron chi connectivity index (χ0n) is 11.6. The molecule has 0 saturated heterocycles. The van der Waals surface area contributed by atoms with Crippen molar-refractivity contribution in [3.05, 3.63) is 66.0 Å². The highest BCUT2D eigenvalue weighted by atomic mass is 79.9. The molecule has 112 valence electrons. The molecular formula is C17H17Br2FS. The molecule has 4 heteroatoms. The first-order valence-corrected chi connectivity index (χ1v) is 9.99. The van der Waals surface area contributed by atoms with Crippen LogP contribution in [0, 0.1) is 5.82 Å². The Kier molecular flexibility index (Phi) is 6.77. The molecule has 0 nitrogen and oxygen atoms in total. The normalized spacial score (nSPS) is 11.6. The first kappa shape index (κ1) is 17.0. The van der Waals surface area contributed by atoms with Crippen LogP contribution in [0.2, 0.25) is 0 Å². The highest BCUT2D eigenvalue weighted by Gasteiger charge is 2.29. The van der Waals surface area contributed by atoms with Crippen LogP contribution in [0.5, 0.6) is 0 Å². The molecule has 0 radical (unpaired) electrons. The van der Waals surface area contributed by atoms with E-state index in [2.05, 4.69) is 56.1 Å². The summed E-state index contributed by atoms with van der Waals surface area (Å²) >= 11 is 9.14. The predicted molar refractivity (Wildman–Crippen MR) is 97.4 cm³/mol. The Morgan fingerprint density at radius 3 is 2.10 bits per heavy atom. The summed E-state index contributed by atoms with van der Waals surface area (Å²) in [6, 6.07) is 17.3. The summed E-state index contributed by atoms with van der Waals surface area (Å²) in [5.41, 5.74) is 1.17. The van der Waals surface area contributed by atoms with Gasteiger partial charge in [-0.25, -0.2) is 4.39 Å². The number of rotatable bonds is 7. The van der Waals surface area contributed by atoms with E-state index in [0.29, 0.717) is 0 Å². The lowest BCUT2D eigenvalue weighted by atomic mass is 9.82. The Morgan fingerprint density at radius 1 is 0.905 bits per heavy atom. The molecule has 0 aliphatic carbocycles. The number of hydrogen-bond donors (Lipinski definition) is 0. The van der Waals surface area contributed by atoms with E-state index >= 15 is 0 Å². The maximum Gasteiger partial charge on any atom is 0.123 e. The van der Waals surface area contributed by atoms with E-state index in [4.69, 9.17) is 0 Å². The molecule has 0 atom stereocenters. The van der Waals surface area contributed by atoms with Gasteiger partial charge < -0.3 is 0 Å². The molecule has 2 rings (SSSR count). The van der Waals surface area contributed by atoms with Gasteiger partial charge in [0.1, 0.15) is 5.82 Å². The van der Waals surface area contributed by atoms with Gasteiger partial charge in [-0.2, -0.15) is 0 Å². The largest absolute Gasteiger partial charge is 0.207 e. The Labute approximate surface area is 146 Å². The topological polar surface area (TPSA) is 0 Å². The van der Waals surface area contributed by atoms with E-state index < -0.39 is 0 Å². The fourth-order valence-corrected chi connectivity index (χ4v) is 5.37. The molecule has 0 unspecified atom stereocenters. The molecule has 0 amide bonds. The minimum absolute atomic E-state index is 0.00448. The molecule has 0 saturated carbocycles. The third-order valence-corrected chi connectivity index (χ3v) is 6.72. The minimum Gasteiger partial charge on any atom is -0.207 e. The van der Waals surface area contributed by atoms with E-state index in [-0.39, 0.29) is 11.2 Å². The lowest BCUT2D eigenvalue weighted by Gasteiger charge is -2.30. The summed E-state index contributed by atoms with van der Waals surface area (Å²) in [4.78, 5) is 1.29. The molecule has 21 heavy (non-hydrogen) atoms. The maximum atomic E-state index is 13.1. The number of benzene rings is 2. The van der Waals surface area contributed by atoms with Gasteiger partial charge in [-0.1, -0.05) is 62.2 Å². The van der Waals surface area contributed by atoms with Crippen LogP contribution in [-0.4, -0.2) is 16.4 Å². The van der Waals surface area contributed by atoms with Crippen molar-refractivity contribution in [1.29, 1.82) is 0 Å². The number of alkyl halides is 2. The van der Waals surface area contributed by atoms with E-state index in [0.717, 1.165) is 22.8 Å².